The topological polar surface area (TPSA) is 138 Å². The third kappa shape index (κ3) is 6.69. The number of nitrogens with zero attached hydrogens (tertiary/aromatic N) is 5. The molecule has 0 unspecified atom stereocenters. The molecule has 202 valence electrons. The number of methoxy groups -OCH3 is 1. The second-order valence-corrected chi connectivity index (χ2v) is 9.07. The van der Waals surface area contributed by atoms with Crippen LogP contribution in [0.4, 0.5) is 30.1 Å². The van der Waals surface area contributed by atoms with Crippen LogP contribution in [0.5, 0.6) is 0 Å². The maximum Gasteiger partial charge on any atom is 0.414 e. The van der Waals surface area contributed by atoms with Crippen LogP contribution in [-0.4, -0.2) is 84.0 Å². The number of aromatic nitrogens is 2. The Morgan fingerprint density at radius 1 is 1.35 bits per heavy atom. The molecule has 2 aromatic rings. The number of ether oxygens (including phenoxy) is 2. The summed E-state index contributed by atoms with van der Waals surface area (Å²) in [5.74, 6) is -1.63. The summed E-state index contributed by atoms with van der Waals surface area (Å²) < 4.78 is 44.3. The van der Waals surface area contributed by atoms with Crippen molar-refractivity contribution in [1.29, 1.82) is 0 Å². The maximum atomic E-state index is 15.1. The number of nitrogens with two attached hydrogens (primary N) is 1. The molecule has 0 spiro atoms. The summed E-state index contributed by atoms with van der Waals surface area (Å²) in [6.07, 6.45) is -1.34. The fourth-order valence-electron chi connectivity index (χ4n) is 3.86. The van der Waals surface area contributed by atoms with Crippen LogP contribution in [0.1, 0.15) is 13.3 Å². The van der Waals surface area contributed by atoms with Crippen LogP contribution in [0.3, 0.4) is 0 Å². The van der Waals surface area contributed by atoms with Gasteiger partial charge in [0.15, 0.2) is 22.6 Å². The summed E-state index contributed by atoms with van der Waals surface area (Å²) in [6, 6.07) is 2.18. The fraction of sp³-hybridized carbons (Fsp3) is 0.476. The molecule has 3 heterocycles. The van der Waals surface area contributed by atoms with E-state index >= 15 is 8.78 Å². The maximum absolute atomic E-state index is 15.1. The second kappa shape index (κ2) is 12.2. The van der Waals surface area contributed by atoms with Gasteiger partial charge >= 0.3 is 6.09 Å². The number of hydrogen-bond acceptors (Lipinski definition) is 11. The highest BCUT2D eigenvalue weighted by atomic mass is 32.1. The van der Waals surface area contributed by atoms with Gasteiger partial charge in [0, 0.05) is 43.3 Å². The molecule has 2 fully saturated rings. The van der Waals surface area contributed by atoms with Crippen LogP contribution in [0.25, 0.3) is 0 Å². The molecule has 0 bridgehead atoms. The van der Waals surface area contributed by atoms with Crippen molar-refractivity contribution in [3.63, 3.8) is 0 Å². The van der Waals surface area contributed by atoms with Gasteiger partial charge in [-0.2, -0.15) is 4.37 Å². The Balaban J connectivity index is 0.00000380. The first-order valence-corrected chi connectivity index (χ1v) is 12.1. The van der Waals surface area contributed by atoms with Gasteiger partial charge in [0.2, 0.25) is 5.91 Å². The number of anilines is 3. The summed E-state index contributed by atoms with van der Waals surface area (Å²) in [7, 11) is 1.40. The van der Waals surface area contributed by atoms with Crippen LogP contribution < -0.4 is 26.3 Å². The number of hydrogen-bond donors (Lipinski definition) is 3. The molecule has 4 N–H and O–H groups in total. The lowest BCUT2D eigenvalue weighted by molar-refractivity contribution is -0.133. The Labute approximate surface area is 221 Å². The predicted molar refractivity (Wildman–Crippen MR) is 138 cm³/mol. The lowest BCUT2D eigenvalue weighted by atomic mass is 10.2. The molecule has 1 atom stereocenters. The second-order valence-electron chi connectivity index (χ2n) is 7.91. The van der Waals surface area contributed by atoms with E-state index < -0.39 is 23.8 Å². The normalized spacial score (nSPS) is 17.6. The average molecular weight is 559 g/mol. The van der Waals surface area contributed by atoms with Crippen molar-refractivity contribution in [3.05, 3.63) is 29.6 Å². The number of rotatable bonds is 6. The quantitative estimate of drug-likeness (QED) is 0.442. The van der Waals surface area contributed by atoms with Gasteiger partial charge in [-0.1, -0.05) is 7.43 Å². The summed E-state index contributed by atoms with van der Waals surface area (Å²) in [5, 5.41) is 4.57. The number of cyclic esters (lactones) is 1. The zero-order valence-electron chi connectivity index (χ0n) is 19.2. The highest BCUT2D eigenvalue weighted by Gasteiger charge is 2.34. The van der Waals surface area contributed by atoms with Gasteiger partial charge < -0.3 is 25.4 Å². The number of benzene rings is 1. The van der Waals surface area contributed by atoms with Crippen LogP contribution in [0.2, 0.25) is 0 Å². The Morgan fingerprint density at radius 3 is 2.73 bits per heavy atom. The number of nitrogens with one attached hydrogen (secondary N) is 2. The van der Waals surface area contributed by atoms with Gasteiger partial charge in [-0.3, -0.25) is 14.7 Å². The Hall–Kier alpha value is -3.37. The molecule has 2 aliphatic heterocycles. The zero-order chi connectivity index (χ0) is 25.8. The Kier molecular flexibility index (Phi) is 9.34. The Morgan fingerprint density at radius 2 is 2.08 bits per heavy atom. The van der Waals surface area contributed by atoms with Crippen molar-refractivity contribution in [2.45, 2.75) is 20.0 Å². The van der Waals surface area contributed by atoms with Crippen molar-refractivity contribution in [2.75, 3.05) is 61.9 Å². The van der Waals surface area contributed by atoms with Gasteiger partial charge in [0.25, 0.3) is 5.17 Å². The van der Waals surface area contributed by atoms with Crippen LogP contribution in [0, 0.1) is 11.6 Å². The highest BCUT2D eigenvalue weighted by molar-refractivity contribution is 7.80. The average Bonchev–Trinajstić information content (AvgIpc) is 3.33. The molecular formula is C21H28F2N8O4S2. The third-order valence-corrected chi connectivity index (χ3v) is 6.43. The molecule has 4 rings (SSSR count). The molecule has 2 amide bonds. The molecule has 12 nitrogen and oxygen atoms in total. The summed E-state index contributed by atoms with van der Waals surface area (Å²) >= 11 is 5.89. The van der Waals surface area contributed by atoms with E-state index in [1.807, 2.05) is 0 Å². The van der Waals surface area contributed by atoms with Crippen LogP contribution in [0.15, 0.2) is 12.1 Å². The number of nitrogen functional groups attached to an aromatic ring is 1. The zero-order valence-corrected chi connectivity index (χ0v) is 20.8. The SMILES string of the molecule is C.COC(=S)NC[C@H]1CN(c2cc(F)c(N3CCNN(C(=O)Cc4nsc(N)n4)CC3)c(F)c2)C(=O)O1. The minimum absolute atomic E-state index is 0. The molecule has 16 heteroatoms. The number of carbonyl (C=O) groups is 2. The molecule has 1 aromatic carbocycles. The number of thiocarbonyl (C=S) groups is 1. The van der Waals surface area contributed by atoms with Crippen LogP contribution >= 0.6 is 23.8 Å². The van der Waals surface area contributed by atoms with Gasteiger partial charge in [-0.05, 0) is 12.2 Å². The van der Waals surface area contributed by atoms with E-state index in [2.05, 4.69) is 20.1 Å². The van der Waals surface area contributed by atoms with Crippen molar-refractivity contribution < 1.29 is 27.8 Å². The van der Waals surface area contributed by atoms with Crippen molar-refractivity contribution >= 4 is 57.4 Å². The lowest BCUT2D eigenvalue weighted by Gasteiger charge is -2.25. The molecule has 2 saturated heterocycles. The predicted octanol–water partition coefficient (Wildman–Crippen LogP) is 1.28. The fourth-order valence-corrected chi connectivity index (χ4v) is 4.39. The van der Waals surface area contributed by atoms with E-state index in [9.17, 15) is 9.59 Å². The molecule has 0 radical (unpaired) electrons. The van der Waals surface area contributed by atoms with Crippen LogP contribution in [-0.2, 0) is 20.7 Å². The number of amides is 2. The highest BCUT2D eigenvalue weighted by Crippen LogP contribution is 2.31. The van der Waals surface area contributed by atoms with Gasteiger partial charge in [0.05, 0.1) is 38.9 Å². The molecular weight excluding hydrogens is 530 g/mol. The van der Waals surface area contributed by atoms with Crippen molar-refractivity contribution in [2.24, 2.45) is 0 Å². The lowest BCUT2D eigenvalue weighted by Crippen LogP contribution is -2.44. The van der Waals surface area contributed by atoms with E-state index in [0.717, 1.165) is 28.6 Å². The number of carbonyl (C=O) groups excluding carboxylic acids is 2. The molecule has 0 saturated carbocycles. The van der Waals surface area contributed by atoms with E-state index in [0.29, 0.717) is 5.82 Å². The molecule has 2 aliphatic rings. The first-order valence-electron chi connectivity index (χ1n) is 10.9. The van der Waals surface area contributed by atoms with Gasteiger partial charge in [0.1, 0.15) is 11.8 Å². The smallest absolute Gasteiger partial charge is 0.414 e. The number of halogens is 2. The summed E-state index contributed by atoms with van der Waals surface area (Å²) in [5.41, 5.74) is 8.31. The van der Waals surface area contributed by atoms with E-state index in [-0.39, 0.29) is 80.7 Å². The molecule has 37 heavy (non-hydrogen) atoms. The van der Waals surface area contributed by atoms with E-state index in [4.69, 9.17) is 27.4 Å². The van der Waals surface area contributed by atoms with E-state index in [1.165, 1.54) is 17.0 Å². The first-order chi connectivity index (χ1) is 17.2. The van der Waals surface area contributed by atoms with Gasteiger partial charge in [-0.25, -0.2) is 24.0 Å². The minimum atomic E-state index is -0.832. The molecule has 0 aliphatic carbocycles. The van der Waals surface area contributed by atoms with E-state index in [1.54, 1.807) is 0 Å². The van der Waals surface area contributed by atoms with Gasteiger partial charge in [-0.15, -0.1) is 0 Å². The van der Waals surface area contributed by atoms with Crippen molar-refractivity contribution in [1.82, 2.24) is 25.1 Å². The minimum Gasteiger partial charge on any atom is -0.474 e. The monoisotopic (exact) mass is 558 g/mol. The molecule has 1 aromatic heterocycles. The third-order valence-electron chi connectivity index (χ3n) is 5.54. The Bertz CT molecular complexity index is 1130. The number of hydrazine groups is 1. The standard InChI is InChI=1S/C20H24F2N8O4S2.CH4/c1-33-19(35)24-9-12-10-29(20(32)34-12)11-6-13(21)17(14(22)7-11)28-3-2-25-30(5-4-28)16(31)8-15-26-18(23)36-27-15;/h6-7,12,25H,2-5,8-10H2,1H3,(H,24,35)(H2,23,26,27);1H4/t12-;/m0./s1. The largest absolute Gasteiger partial charge is 0.474 e. The summed E-state index contributed by atoms with van der Waals surface area (Å²) in [4.78, 5) is 31.5. The summed E-state index contributed by atoms with van der Waals surface area (Å²) in [6.45, 7) is 1.15. The first kappa shape index (κ1) is 28.2. The van der Waals surface area contributed by atoms with Crippen molar-refractivity contribution in [3.8, 4) is 0 Å².